The van der Waals surface area contributed by atoms with E-state index in [1.807, 2.05) is 24.4 Å². The molecule has 1 atom stereocenters. The number of ether oxygens (including phenoxy) is 1. The first kappa shape index (κ1) is 27.9. The molecule has 40 heavy (non-hydrogen) atoms. The van der Waals surface area contributed by atoms with Gasteiger partial charge in [-0.25, -0.2) is 13.4 Å². The molecule has 2 N–H and O–H groups in total. The summed E-state index contributed by atoms with van der Waals surface area (Å²) in [6.07, 6.45) is 4.31. The Labute approximate surface area is 237 Å². The van der Waals surface area contributed by atoms with Gasteiger partial charge < -0.3 is 9.84 Å². The highest BCUT2D eigenvalue weighted by atomic mass is 32.2. The molecule has 208 valence electrons. The smallest absolute Gasteiger partial charge is 0.257 e. The predicted molar refractivity (Wildman–Crippen MR) is 155 cm³/mol. The van der Waals surface area contributed by atoms with E-state index in [0.717, 1.165) is 42.6 Å². The monoisotopic (exact) mass is 578 g/mol. The highest BCUT2D eigenvalue weighted by Crippen LogP contribution is 2.31. The zero-order chi connectivity index (χ0) is 28.3. The first-order valence-electron chi connectivity index (χ1n) is 12.9. The van der Waals surface area contributed by atoms with Gasteiger partial charge in [0.1, 0.15) is 11.5 Å². The van der Waals surface area contributed by atoms with Crippen molar-refractivity contribution in [3.63, 3.8) is 0 Å². The number of benzene rings is 2. The van der Waals surface area contributed by atoms with Crippen LogP contribution in [-0.4, -0.2) is 59.7 Å². The highest BCUT2D eigenvalue weighted by Gasteiger charge is 2.19. The number of rotatable bonds is 8. The van der Waals surface area contributed by atoms with Crippen LogP contribution >= 0.6 is 11.3 Å². The summed E-state index contributed by atoms with van der Waals surface area (Å²) in [5, 5.41) is 15.2. The first-order valence-corrected chi connectivity index (χ1v) is 15.6. The molecule has 1 aliphatic heterocycles. The van der Waals surface area contributed by atoms with E-state index in [0.29, 0.717) is 40.8 Å². The standard InChI is InChI=1S/C29H30N4O5S2/c1-19-5-3-11-30-27(19)20-13-21(15-25(14-20)38-24-7-9-26(10-8-24)40(2,36)37)28(35)32-29-31-22(18-39-29)16-33-12-4-6-23(34)17-33/h3,5,7-11,13-15,18,23,34H,4,6,12,16-17H2,1-2H3,(H,31,32,35). The average Bonchev–Trinajstić information content (AvgIpc) is 3.35. The molecule has 0 bridgehead atoms. The van der Waals surface area contributed by atoms with E-state index in [9.17, 15) is 18.3 Å². The van der Waals surface area contributed by atoms with Gasteiger partial charge in [0, 0.05) is 42.0 Å². The number of nitrogens with one attached hydrogen (secondary N) is 1. The molecule has 1 amide bonds. The number of carbonyl (C=O) groups excluding carboxylic acids is 1. The molecule has 0 aliphatic carbocycles. The maximum Gasteiger partial charge on any atom is 0.257 e. The van der Waals surface area contributed by atoms with Crippen LogP contribution in [0.3, 0.4) is 0 Å². The van der Waals surface area contributed by atoms with Crippen LogP contribution in [-0.2, 0) is 16.4 Å². The van der Waals surface area contributed by atoms with Gasteiger partial charge in [-0.2, -0.15) is 0 Å². The van der Waals surface area contributed by atoms with E-state index in [4.69, 9.17) is 4.74 Å². The van der Waals surface area contributed by atoms with Crippen molar-refractivity contribution in [1.29, 1.82) is 0 Å². The summed E-state index contributed by atoms with van der Waals surface area (Å²) in [5.74, 6) is 0.492. The van der Waals surface area contributed by atoms with Crippen molar-refractivity contribution in [2.75, 3.05) is 24.7 Å². The van der Waals surface area contributed by atoms with E-state index in [1.165, 1.54) is 23.5 Å². The SMILES string of the molecule is Cc1cccnc1-c1cc(Oc2ccc(S(C)(=O)=O)cc2)cc(C(=O)Nc2nc(CN3CCCC(O)C3)cs2)c1. The van der Waals surface area contributed by atoms with Crippen LogP contribution in [0.5, 0.6) is 11.5 Å². The van der Waals surface area contributed by atoms with E-state index in [2.05, 4.69) is 20.2 Å². The number of hydrogen-bond acceptors (Lipinski definition) is 9. The highest BCUT2D eigenvalue weighted by molar-refractivity contribution is 7.90. The second-order valence-electron chi connectivity index (χ2n) is 9.89. The van der Waals surface area contributed by atoms with E-state index in [1.54, 1.807) is 36.5 Å². The number of carbonyl (C=O) groups is 1. The lowest BCUT2D eigenvalue weighted by Crippen LogP contribution is -2.37. The van der Waals surface area contributed by atoms with Crippen LogP contribution in [0, 0.1) is 6.92 Å². The van der Waals surface area contributed by atoms with Crippen LogP contribution in [0.15, 0.2) is 71.1 Å². The van der Waals surface area contributed by atoms with Gasteiger partial charge in [0.25, 0.3) is 5.91 Å². The Morgan fingerprint density at radius 1 is 1.18 bits per heavy atom. The Balaban J connectivity index is 1.38. The van der Waals surface area contributed by atoms with Gasteiger partial charge >= 0.3 is 0 Å². The fourth-order valence-corrected chi connectivity index (χ4v) is 5.94. The van der Waals surface area contributed by atoms with Crippen LogP contribution in [0.25, 0.3) is 11.3 Å². The van der Waals surface area contributed by atoms with Gasteiger partial charge in [-0.05, 0) is 80.4 Å². The molecule has 0 spiro atoms. The number of piperidine rings is 1. The lowest BCUT2D eigenvalue weighted by atomic mass is 10.0. The first-order chi connectivity index (χ1) is 19.1. The Bertz CT molecular complexity index is 1620. The topological polar surface area (TPSA) is 122 Å². The quantitative estimate of drug-likeness (QED) is 0.302. The van der Waals surface area contributed by atoms with Gasteiger partial charge in [0.2, 0.25) is 0 Å². The van der Waals surface area contributed by atoms with Crippen molar-refractivity contribution in [1.82, 2.24) is 14.9 Å². The van der Waals surface area contributed by atoms with Crippen molar-refractivity contribution in [2.45, 2.75) is 37.3 Å². The predicted octanol–water partition coefficient (Wildman–Crippen LogP) is 4.92. The van der Waals surface area contributed by atoms with Crippen molar-refractivity contribution < 1.29 is 23.1 Å². The number of aromatic nitrogens is 2. The van der Waals surface area contributed by atoms with Crippen LogP contribution in [0.2, 0.25) is 0 Å². The number of aryl methyl sites for hydroxylation is 1. The molecule has 0 radical (unpaired) electrons. The number of β-amino-alcohol motifs (C(OH)–C–C–N with tert-alkyl or cyclic N) is 1. The number of anilines is 1. The number of aliphatic hydroxyl groups excluding tert-OH is 1. The zero-order valence-corrected chi connectivity index (χ0v) is 23.8. The molecule has 1 unspecified atom stereocenters. The Morgan fingerprint density at radius 3 is 2.70 bits per heavy atom. The molecule has 0 saturated carbocycles. The molecular formula is C29H30N4O5S2. The molecule has 3 heterocycles. The minimum atomic E-state index is -3.33. The third-order valence-electron chi connectivity index (χ3n) is 6.58. The van der Waals surface area contributed by atoms with Gasteiger partial charge in [0.05, 0.1) is 22.4 Å². The van der Waals surface area contributed by atoms with Gasteiger partial charge in [-0.1, -0.05) is 6.07 Å². The number of amides is 1. The number of hydrogen-bond donors (Lipinski definition) is 2. The molecule has 9 nitrogen and oxygen atoms in total. The Morgan fingerprint density at radius 2 is 1.98 bits per heavy atom. The normalized spacial score (nSPS) is 16.0. The zero-order valence-electron chi connectivity index (χ0n) is 22.2. The van der Waals surface area contributed by atoms with Crippen molar-refractivity contribution in [3.05, 3.63) is 83.0 Å². The van der Waals surface area contributed by atoms with Crippen molar-refractivity contribution >= 4 is 32.2 Å². The maximum absolute atomic E-state index is 13.4. The van der Waals surface area contributed by atoms with E-state index in [-0.39, 0.29) is 16.9 Å². The number of thiazole rings is 1. The minimum Gasteiger partial charge on any atom is -0.457 e. The minimum absolute atomic E-state index is 0.192. The molecule has 5 rings (SSSR count). The lowest BCUT2D eigenvalue weighted by molar-refractivity contribution is 0.0663. The summed E-state index contributed by atoms with van der Waals surface area (Å²) in [5.41, 5.74) is 3.57. The number of pyridine rings is 1. The molecule has 2 aromatic carbocycles. The van der Waals surface area contributed by atoms with Gasteiger partial charge in [-0.15, -0.1) is 11.3 Å². The molecule has 1 aliphatic rings. The molecule has 4 aromatic rings. The molecule has 1 fully saturated rings. The number of nitrogens with zero attached hydrogens (tertiary/aromatic N) is 3. The molecule has 11 heteroatoms. The van der Waals surface area contributed by atoms with Crippen LogP contribution < -0.4 is 10.1 Å². The average molecular weight is 579 g/mol. The second kappa shape index (κ2) is 11.8. The Hall–Kier alpha value is -3.64. The third-order valence-corrected chi connectivity index (χ3v) is 8.51. The van der Waals surface area contributed by atoms with E-state index >= 15 is 0 Å². The summed E-state index contributed by atoms with van der Waals surface area (Å²) in [6.45, 7) is 4.10. The number of aliphatic hydroxyl groups is 1. The fraction of sp³-hybridized carbons (Fsp3) is 0.276. The molecule has 1 saturated heterocycles. The molecule has 2 aromatic heterocycles. The Kier molecular flexibility index (Phi) is 8.27. The fourth-order valence-electron chi connectivity index (χ4n) is 4.61. The second-order valence-corrected chi connectivity index (χ2v) is 12.8. The summed E-state index contributed by atoms with van der Waals surface area (Å²) in [7, 11) is -3.33. The number of likely N-dealkylation sites (tertiary alicyclic amines) is 1. The van der Waals surface area contributed by atoms with Crippen molar-refractivity contribution in [3.8, 4) is 22.8 Å². The summed E-state index contributed by atoms with van der Waals surface area (Å²) < 4.78 is 29.7. The largest absolute Gasteiger partial charge is 0.457 e. The summed E-state index contributed by atoms with van der Waals surface area (Å²) >= 11 is 1.35. The maximum atomic E-state index is 13.4. The van der Waals surface area contributed by atoms with E-state index < -0.39 is 9.84 Å². The van der Waals surface area contributed by atoms with Crippen LogP contribution in [0.1, 0.15) is 34.5 Å². The van der Waals surface area contributed by atoms with Gasteiger partial charge in [0.15, 0.2) is 15.0 Å². The van der Waals surface area contributed by atoms with Gasteiger partial charge in [-0.3, -0.25) is 20.0 Å². The summed E-state index contributed by atoms with van der Waals surface area (Å²) in [6, 6.07) is 15.1. The number of sulfone groups is 1. The van der Waals surface area contributed by atoms with Crippen molar-refractivity contribution in [2.24, 2.45) is 0 Å². The lowest BCUT2D eigenvalue weighted by Gasteiger charge is -2.29. The third kappa shape index (κ3) is 6.92. The molecular weight excluding hydrogens is 548 g/mol. The summed E-state index contributed by atoms with van der Waals surface area (Å²) in [4.78, 5) is 24.8. The van der Waals surface area contributed by atoms with Crippen LogP contribution in [0.4, 0.5) is 5.13 Å².